The zero-order chi connectivity index (χ0) is 37.2. The summed E-state index contributed by atoms with van der Waals surface area (Å²) in [6, 6.07) is 13.8. The molecule has 4 aliphatic heterocycles. The molecule has 10 atom stereocenters. The van der Waals surface area contributed by atoms with E-state index in [1.165, 1.54) is 24.3 Å². The highest BCUT2D eigenvalue weighted by molar-refractivity contribution is 6.30. The van der Waals surface area contributed by atoms with Gasteiger partial charge in [0.1, 0.15) is 29.8 Å². The van der Waals surface area contributed by atoms with Gasteiger partial charge in [-0.1, -0.05) is 74.5 Å². The van der Waals surface area contributed by atoms with Gasteiger partial charge in [-0.3, -0.25) is 4.79 Å². The highest BCUT2D eigenvalue weighted by atomic mass is 35.5. The van der Waals surface area contributed by atoms with Gasteiger partial charge < -0.3 is 39.7 Å². The molecule has 0 aliphatic carbocycles. The first-order chi connectivity index (χ1) is 24.2. The number of esters is 1. The lowest BCUT2D eigenvalue weighted by molar-refractivity contribution is -0.218. The van der Waals surface area contributed by atoms with Crippen LogP contribution in [0.2, 0.25) is 0 Å². The summed E-state index contributed by atoms with van der Waals surface area (Å²) < 4.78 is 17.9. The van der Waals surface area contributed by atoms with Crippen molar-refractivity contribution in [3.8, 4) is 11.5 Å². The second-order valence-electron chi connectivity index (χ2n) is 13.5. The molecular weight excluding hydrogens is 676 g/mol. The summed E-state index contributed by atoms with van der Waals surface area (Å²) >= 11 is 5.75. The number of benzene rings is 2. The predicted molar refractivity (Wildman–Crippen MR) is 194 cm³/mol. The molecule has 4 aliphatic rings. The van der Waals surface area contributed by atoms with Crippen molar-refractivity contribution in [2.75, 3.05) is 0 Å². The van der Waals surface area contributed by atoms with E-state index in [1.54, 1.807) is 26.0 Å². The third-order valence-electron chi connectivity index (χ3n) is 9.47. The zero-order valence-electron chi connectivity index (χ0n) is 29.0. The molecule has 276 valence electrons. The van der Waals surface area contributed by atoms with Crippen LogP contribution in [0.25, 0.3) is 6.08 Å². The Morgan fingerprint density at radius 2 is 1.59 bits per heavy atom. The average Bonchev–Trinajstić information content (AvgIpc) is 3.09. The third kappa shape index (κ3) is 11.4. The van der Waals surface area contributed by atoms with E-state index in [2.05, 4.69) is 13.2 Å². The maximum absolute atomic E-state index is 13.4. The number of allylic oxidation sites excluding steroid dienone is 3. The minimum absolute atomic E-state index is 0.000123. The number of hydrogen-bond donors (Lipinski definition) is 5. The maximum atomic E-state index is 13.4. The van der Waals surface area contributed by atoms with Crippen molar-refractivity contribution in [3.05, 3.63) is 102 Å². The van der Waals surface area contributed by atoms with Gasteiger partial charge in [-0.25, -0.2) is 4.79 Å². The number of fused-ring (bicyclic) bond motifs is 2. The maximum Gasteiger partial charge on any atom is 0.338 e. The fraction of sp³-hybridized carbons (Fsp3) is 0.450. The number of halogens is 1. The summed E-state index contributed by atoms with van der Waals surface area (Å²) in [6.07, 6.45) is -1.55. The fourth-order valence-electron chi connectivity index (χ4n) is 6.28. The van der Waals surface area contributed by atoms with Crippen molar-refractivity contribution >= 4 is 29.4 Å². The van der Waals surface area contributed by atoms with Gasteiger partial charge in [-0.15, -0.1) is 0 Å². The van der Waals surface area contributed by atoms with Crippen LogP contribution >= 0.6 is 11.6 Å². The highest BCUT2D eigenvalue weighted by Crippen LogP contribution is 2.35. The van der Waals surface area contributed by atoms with Crippen molar-refractivity contribution in [1.29, 1.82) is 0 Å². The van der Waals surface area contributed by atoms with Crippen molar-refractivity contribution in [3.63, 3.8) is 0 Å². The first kappa shape index (κ1) is 40.2. The second kappa shape index (κ2) is 18.8. The Labute approximate surface area is 304 Å². The van der Waals surface area contributed by atoms with Gasteiger partial charge in [0.2, 0.25) is 0 Å². The van der Waals surface area contributed by atoms with Gasteiger partial charge >= 0.3 is 5.97 Å². The van der Waals surface area contributed by atoms with Crippen molar-refractivity contribution in [2.24, 2.45) is 11.8 Å². The van der Waals surface area contributed by atoms with Gasteiger partial charge in [-0.2, -0.15) is 0 Å². The molecule has 6 rings (SSSR count). The van der Waals surface area contributed by atoms with Gasteiger partial charge in [0.15, 0.2) is 5.78 Å². The molecule has 2 aromatic carbocycles. The molecule has 1 fully saturated rings. The quantitative estimate of drug-likeness (QED) is 0.143. The summed E-state index contributed by atoms with van der Waals surface area (Å²) in [6.45, 7) is 10.8. The molecule has 11 heteroatoms. The van der Waals surface area contributed by atoms with E-state index in [1.807, 2.05) is 36.4 Å². The Morgan fingerprint density at radius 3 is 2.24 bits per heavy atom. The molecule has 1 saturated heterocycles. The summed E-state index contributed by atoms with van der Waals surface area (Å²) in [7, 11) is 0. The zero-order valence-corrected chi connectivity index (χ0v) is 29.8. The summed E-state index contributed by atoms with van der Waals surface area (Å²) in [5, 5.41) is 55.1. The topological polar surface area (TPSA) is 163 Å². The standard InChI is InChI=1S/C40H49ClO10/c1-23(20-29(42)15-10-24(2)41)21-35-37(47)39-26(4)38(50-35)36(46)34(45)22-33(44)25(3)32(43)9-7-5-6-8-27-11-16-30(17-12-27)49-31-18-13-28(14-19-31)40(48)51-39/h6,8,10-19,25-26,29,32-33,35-39,42-44,46-47H,1-2,5,7,9,20-22H2,3-4H3/b8-6-,15-10+/t25-,26-,29+,32+,33-,35+,36+,37+,38+,39+/m0/s1. The minimum atomic E-state index is -1.75. The van der Waals surface area contributed by atoms with Crippen LogP contribution < -0.4 is 4.74 Å². The number of aliphatic hydroxyl groups is 5. The van der Waals surface area contributed by atoms with E-state index in [0.29, 0.717) is 36.3 Å². The molecule has 10 nitrogen and oxygen atoms in total. The van der Waals surface area contributed by atoms with E-state index in [0.717, 1.165) is 5.56 Å². The van der Waals surface area contributed by atoms with E-state index in [4.69, 9.17) is 25.8 Å². The minimum Gasteiger partial charge on any atom is -0.457 e. The van der Waals surface area contributed by atoms with Gasteiger partial charge in [0.25, 0.3) is 0 Å². The number of carbonyl (C=O) groups excluding carboxylic acids is 2. The second-order valence-corrected chi connectivity index (χ2v) is 14.0. The van der Waals surface area contributed by atoms with Crippen LogP contribution in [0.1, 0.15) is 68.3 Å². The van der Waals surface area contributed by atoms with Crippen LogP contribution in [0.15, 0.2) is 90.5 Å². The van der Waals surface area contributed by atoms with Crippen LogP contribution in [0.5, 0.6) is 11.5 Å². The molecule has 51 heavy (non-hydrogen) atoms. The van der Waals surface area contributed by atoms with Crippen LogP contribution in [0.4, 0.5) is 0 Å². The Kier molecular flexibility index (Phi) is 14.8. The van der Waals surface area contributed by atoms with Crippen LogP contribution in [0, 0.1) is 11.8 Å². The van der Waals surface area contributed by atoms with Crippen LogP contribution in [-0.2, 0) is 14.3 Å². The number of aliphatic hydroxyl groups excluding tert-OH is 5. The molecule has 0 radical (unpaired) electrons. The first-order valence-corrected chi connectivity index (χ1v) is 17.6. The molecule has 0 unspecified atom stereocenters. The largest absolute Gasteiger partial charge is 0.457 e. The van der Waals surface area contributed by atoms with E-state index < -0.39 is 78.8 Å². The molecule has 2 aromatic rings. The van der Waals surface area contributed by atoms with E-state index >= 15 is 0 Å². The Morgan fingerprint density at radius 1 is 0.941 bits per heavy atom. The summed E-state index contributed by atoms with van der Waals surface area (Å²) in [5.74, 6) is -1.92. The van der Waals surface area contributed by atoms with E-state index in [9.17, 15) is 35.1 Å². The monoisotopic (exact) mass is 724 g/mol. The Hall–Kier alpha value is -3.61. The number of ketones is 1. The first-order valence-electron chi connectivity index (χ1n) is 17.3. The molecule has 0 aromatic heterocycles. The molecule has 0 amide bonds. The normalized spacial score (nSPS) is 30.9. The van der Waals surface area contributed by atoms with Gasteiger partial charge in [0.05, 0.1) is 36.1 Å². The lowest BCUT2D eigenvalue weighted by Crippen LogP contribution is -2.59. The van der Waals surface area contributed by atoms with Gasteiger partial charge in [0, 0.05) is 23.3 Å². The molecule has 6 bridgehead atoms. The number of carbonyl (C=O) groups is 2. The van der Waals surface area contributed by atoms with Crippen molar-refractivity contribution in [2.45, 2.75) is 101 Å². The predicted octanol–water partition coefficient (Wildman–Crippen LogP) is 5.65. The van der Waals surface area contributed by atoms with Gasteiger partial charge in [-0.05, 0) is 80.1 Å². The van der Waals surface area contributed by atoms with Crippen LogP contribution in [0.3, 0.4) is 0 Å². The summed E-state index contributed by atoms with van der Waals surface area (Å²) in [4.78, 5) is 26.8. The molecule has 0 saturated carbocycles. The average molecular weight is 725 g/mol. The highest BCUT2D eigenvalue weighted by Gasteiger charge is 2.49. The van der Waals surface area contributed by atoms with Crippen molar-refractivity contribution in [1.82, 2.24) is 0 Å². The molecule has 5 N–H and O–H groups in total. The number of rotatable bonds is 6. The molecule has 0 spiro atoms. The van der Waals surface area contributed by atoms with Crippen molar-refractivity contribution < 1.29 is 49.3 Å². The molecule has 4 heterocycles. The summed E-state index contributed by atoms with van der Waals surface area (Å²) in [5.41, 5.74) is 1.62. The van der Waals surface area contributed by atoms with E-state index in [-0.39, 0.29) is 23.4 Å². The fourth-order valence-corrected chi connectivity index (χ4v) is 6.36. The lowest BCUT2D eigenvalue weighted by Gasteiger charge is -2.45. The Balaban J connectivity index is 1.61. The SMILES string of the molecule is C=C(Cl)/C=C/[C@@H](O)CC(=C)C[C@H]1O[C@@H]2[C@H](C)[C@@H](OC(=O)c3ccc(cc3)Oc3ccc(cc3)/C=C\CCC[C@@H](O)[C@H](C)[C@@H](O)CC(=O)[C@H]2O)[C@@H]1O. The molecular formula is C40H49ClO10. The number of ether oxygens (including phenoxy) is 3. The lowest BCUT2D eigenvalue weighted by atomic mass is 9.81. The smallest absolute Gasteiger partial charge is 0.338 e. The number of hydrogen-bond acceptors (Lipinski definition) is 10. The number of Topliss-reactive ketones (excluding diaryl/α,β-unsaturated/α-hetero) is 1. The van der Waals surface area contributed by atoms with Crippen LogP contribution in [-0.4, -0.2) is 86.1 Å². The Bertz CT molecular complexity index is 1550. The third-order valence-corrected chi connectivity index (χ3v) is 9.59.